The molecular weight excluding hydrogens is 238 g/mol. The van der Waals surface area contributed by atoms with Gasteiger partial charge in [-0.2, -0.15) is 0 Å². The molecule has 5 heteroatoms. The van der Waals surface area contributed by atoms with Gasteiger partial charge in [0.2, 0.25) is 0 Å². The summed E-state index contributed by atoms with van der Waals surface area (Å²) in [6, 6.07) is 0. The molecule has 1 aromatic rings. The van der Waals surface area contributed by atoms with E-state index in [0.29, 0.717) is 0 Å². The van der Waals surface area contributed by atoms with Gasteiger partial charge in [-0.15, -0.1) is 0 Å². The van der Waals surface area contributed by atoms with Crippen molar-refractivity contribution in [2.45, 2.75) is 19.4 Å². The number of rotatable bonds is 3. The second-order valence-corrected chi connectivity index (χ2v) is 5.85. The van der Waals surface area contributed by atoms with Crippen molar-refractivity contribution in [1.82, 2.24) is 20.2 Å². The Balaban J connectivity index is 1.74. The number of likely N-dealkylation sites (tertiary alicyclic amines) is 1. The van der Waals surface area contributed by atoms with Crippen molar-refractivity contribution in [1.29, 1.82) is 0 Å². The summed E-state index contributed by atoms with van der Waals surface area (Å²) in [6.45, 7) is 5.45. The maximum Gasteiger partial charge on any atom is 0.136 e. The number of nitrogens with one attached hydrogen (secondary N) is 1. The number of fused-ring (bicyclic) bond motifs is 1. The molecule has 19 heavy (non-hydrogen) atoms. The number of hydrogen-bond donors (Lipinski definition) is 1. The van der Waals surface area contributed by atoms with Crippen LogP contribution in [-0.2, 0) is 13.0 Å². The monoisotopic (exact) mass is 261 g/mol. The van der Waals surface area contributed by atoms with Crippen molar-refractivity contribution in [2.24, 2.45) is 5.92 Å². The van der Waals surface area contributed by atoms with E-state index in [0.717, 1.165) is 37.8 Å². The highest BCUT2D eigenvalue weighted by Crippen LogP contribution is 2.24. The number of nitrogens with zero attached hydrogens (tertiary/aromatic N) is 4. The molecule has 0 radical (unpaired) electrons. The molecule has 1 N–H and O–H groups in total. The first kappa shape index (κ1) is 12.8. The Morgan fingerprint density at radius 3 is 3.16 bits per heavy atom. The van der Waals surface area contributed by atoms with E-state index >= 15 is 0 Å². The van der Waals surface area contributed by atoms with E-state index in [1.165, 1.54) is 30.8 Å². The molecule has 104 valence electrons. The SMILES string of the molecule is CN1CCC(CN(C)c2ncnc3c2CNCC3)C1. The lowest BCUT2D eigenvalue weighted by Crippen LogP contribution is -2.32. The molecule has 0 spiro atoms. The molecule has 0 aliphatic carbocycles. The van der Waals surface area contributed by atoms with Crippen LogP contribution in [0.1, 0.15) is 17.7 Å². The molecule has 1 aromatic heterocycles. The zero-order valence-electron chi connectivity index (χ0n) is 11.9. The maximum absolute atomic E-state index is 4.51. The van der Waals surface area contributed by atoms with Crippen molar-refractivity contribution in [3.8, 4) is 0 Å². The van der Waals surface area contributed by atoms with E-state index in [-0.39, 0.29) is 0 Å². The predicted octanol–water partition coefficient (Wildman–Crippen LogP) is 0.510. The fourth-order valence-electron chi connectivity index (χ4n) is 3.23. The van der Waals surface area contributed by atoms with Gasteiger partial charge in [0.05, 0.1) is 5.69 Å². The Hall–Kier alpha value is -1.20. The van der Waals surface area contributed by atoms with E-state index in [1.54, 1.807) is 6.33 Å². The van der Waals surface area contributed by atoms with Gasteiger partial charge < -0.3 is 15.1 Å². The second-order valence-electron chi connectivity index (χ2n) is 5.85. The molecular formula is C14H23N5. The standard InChI is InChI=1S/C14H23N5/c1-18-6-4-11(8-18)9-19(2)14-12-7-15-5-3-13(12)16-10-17-14/h10-11,15H,3-9H2,1-2H3. The topological polar surface area (TPSA) is 44.3 Å². The fourth-order valence-corrected chi connectivity index (χ4v) is 3.23. The molecule has 0 saturated carbocycles. The third-order valence-corrected chi connectivity index (χ3v) is 4.23. The molecule has 1 saturated heterocycles. The first-order valence-electron chi connectivity index (χ1n) is 7.17. The Morgan fingerprint density at radius 2 is 2.37 bits per heavy atom. The van der Waals surface area contributed by atoms with Crippen molar-refractivity contribution in [2.75, 3.05) is 45.2 Å². The van der Waals surface area contributed by atoms with Crippen molar-refractivity contribution in [3.05, 3.63) is 17.6 Å². The lowest BCUT2D eigenvalue weighted by molar-refractivity contribution is 0.395. The smallest absolute Gasteiger partial charge is 0.136 e. The van der Waals surface area contributed by atoms with Gasteiger partial charge in [0.25, 0.3) is 0 Å². The molecule has 0 aromatic carbocycles. The van der Waals surface area contributed by atoms with Crippen LogP contribution in [0.3, 0.4) is 0 Å². The normalized spacial score (nSPS) is 23.4. The highest BCUT2D eigenvalue weighted by Gasteiger charge is 2.23. The maximum atomic E-state index is 4.51. The summed E-state index contributed by atoms with van der Waals surface area (Å²) in [5.74, 6) is 1.88. The van der Waals surface area contributed by atoms with Gasteiger partial charge in [0, 0.05) is 45.2 Å². The van der Waals surface area contributed by atoms with Crippen LogP contribution in [-0.4, -0.2) is 55.1 Å². The van der Waals surface area contributed by atoms with Crippen LogP contribution in [0.5, 0.6) is 0 Å². The fraction of sp³-hybridized carbons (Fsp3) is 0.714. The van der Waals surface area contributed by atoms with Gasteiger partial charge in [-0.1, -0.05) is 0 Å². The Labute approximate surface area is 115 Å². The predicted molar refractivity (Wildman–Crippen MR) is 76.3 cm³/mol. The van der Waals surface area contributed by atoms with Gasteiger partial charge in [-0.3, -0.25) is 0 Å². The quantitative estimate of drug-likeness (QED) is 0.859. The third-order valence-electron chi connectivity index (χ3n) is 4.23. The van der Waals surface area contributed by atoms with Gasteiger partial charge in [-0.25, -0.2) is 9.97 Å². The molecule has 0 amide bonds. The first-order valence-corrected chi connectivity index (χ1v) is 7.17. The molecule has 3 rings (SSSR count). The summed E-state index contributed by atoms with van der Waals surface area (Å²) in [7, 11) is 4.37. The van der Waals surface area contributed by atoms with Gasteiger partial charge >= 0.3 is 0 Å². The average Bonchev–Trinajstić information content (AvgIpc) is 2.83. The molecule has 3 heterocycles. The number of aromatic nitrogens is 2. The summed E-state index contributed by atoms with van der Waals surface area (Å²) in [4.78, 5) is 13.7. The van der Waals surface area contributed by atoms with Crippen molar-refractivity contribution >= 4 is 5.82 Å². The minimum Gasteiger partial charge on any atom is -0.359 e. The average molecular weight is 261 g/mol. The van der Waals surface area contributed by atoms with E-state index in [2.05, 4.69) is 39.2 Å². The highest BCUT2D eigenvalue weighted by molar-refractivity contribution is 5.48. The molecule has 1 atom stereocenters. The first-order chi connectivity index (χ1) is 9.24. The highest BCUT2D eigenvalue weighted by atomic mass is 15.2. The van der Waals surface area contributed by atoms with Crippen LogP contribution < -0.4 is 10.2 Å². The molecule has 0 bridgehead atoms. The molecule has 1 unspecified atom stereocenters. The summed E-state index contributed by atoms with van der Waals surface area (Å²) >= 11 is 0. The second kappa shape index (κ2) is 5.43. The summed E-state index contributed by atoms with van der Waals surface area (Å²) in [5, 5.41) is 3.42. The zero-order chi connectivity index (χ0) is 13.2. The van der Waals surface area contributed by atoms with E-state index in [4.69, 9.17) is 0 Å². The minimum atomic E-state index is 0.761. The molecule has 2 aliphatic heterocycles. The van der Waals surface area contributed by atoms with Crippen LogP contribution >= 0.6 is 0 Å². The van der Waals surface area contributed by atoms with Crippen LogP contribution in [0.25, 0.3) is 0 Å². The number of hydrogen-bond acceptors (Lipinski definition) is 5. The molecule has 1 fully saturated rings. The Bertz CT molecular complexity index is 447. The Kier molecular flexibility index (Phi) is 3.66. The van der Waals surface area contributed by atoms with Crippen molar-refractivity contribution < 1.29 is 0 Å². The van der Waals surface area contributed by atoms with Crippen LogP contribution in [0.2, 0.25) is 0 Å². The van der Waals surface area contributed by atoms with Crippen LogP contribution in [0.15, 0.2) is 6.33 Å². The Morgan fingerprint density at radius 1 is 1.47 bits per heavy atom. The minimum absolute atomic E-state index is 0.761. The summed E-state index contributed by atoms with van der Waals surface area (Å²) < 4.78 is 0. The lowest BCUT2D eigenvalue weighted by atomic mass is 10.1. The van der Waals surface area contributed by atoms with Gasteiger partial charge in [-0.05, 0) is 25.9 Å². The van der Waals surface area contributed by atoms with E-state index < -0.39 is 0 Å². The largest absolute Gasteiger partial charge is 0.359 e. The van der Waals surface area contributed by atoms with E-state index in [9.17, 15) is 0 Å². The van der Waals surface area contributed by atoms with Gasteiger partial charge in [0.15, 0.2) is 0 Å². The third kappa shape index (κ3) is 2.72. The van der Waals surface area contributed by atoms with Crippen LogP contribution in [0.4, 0.5) is 5.82 Å². The summed E-state index contributed by atoms with van der Waals surface area (Å²) in [6.07, 6.45) is 4.04. The van der Waals surface area contributed by atoms with E-state index in [1.807, 2.05) is 0 Å². The molecule has 2 aliphatic rings. The lowest BCUT2D eigenvalue weighted by Gasteiger charge is -2.27. The van der Waals surface area contributed by atoms with Crippen molar-refractivity contribution in [3.63, 3.8) is 0 Å². The zero-order valence-corrected chi connectivity index (χ0v) is 11.9. The van der Waals surface area contributed by atoms with Crippen LogP contribution in [0, 0.1) is 5.92 Å². The van der Waals surface area contributed by atoms with Gasteiger partial charge in [0.1, 0.15) is 12.1 Å². The number of anilines is 1. The summed E-state index contributed by atoms with van der Waals surface area (Å²) in [5.41, 5.74) is 2.52. The molecule has 5 nitrogen and oxygen atoms in total.